The summed E-state index contributed by atoms with van der Waals surface area (Å²) in [6.07, 6.45) is 3.12. The van der Waals surface area contributed by atoms with E-state index in [0.717, 1.165) is 22.4 Å². The van der Waals surface area contributed by atoms with Crippen LogP contribution in [-0.4, -0.2) is 23.7 Å². The van der Waals surface area contributed by atoms with Crippen molar-refractivity contribution >= 4 is 17.4 Å². The number of ketones is 1. The molecule has 0 unspecified atom stereocenters. The van der Waals surface area contributed by atoms with Crippen molar-refractivity contribution in [3.8, 4) is 11.1 Å². The fourth-order valence-corrected chi connectivity index (χ4v) is 3.65. The zero-order chi connectivity index (χ0) is 22.5. The average molecular weight is 419 g/mol. The van der Waals surface area contributed by atoms with Gasteiger partial charge in [0.1, 0.15) is 5.82 Å². The molecule has 3 rings (SSSR count). The molecule has 160 valence electrons. The number of hydrogen-bond donors (Lipinski definition) is 0. The number of carbonyl (C=O) groups is 2. The minimum absolute atomic E-state index is 0.0686. The van der Waals surface area contributed by atoms with Gasteiger partial charge in [-0.05, 0) is 66.8 Å². The van der Waals surface area contributed by atoms with Crippen molar-refractivity contribution in [1.29, 1.82) is 0 Å². The molecule has 0 bridgehead atoms. The standard InChI is InChI=1S/C26H27FN2O2/c1-5-26(31)29(4)24-12-9-20(16-23(24)27)22-11-8-21(15-17(22)2)25(30)13-10-19-7-6-14-28-18(19)3/h6-9,11-12,14-16H,5,10,13H2,1-4H3. The fourth-order valence-electron chi connectivity index (χ4n) is 3.65. The zero-order valence-corrected chi connectivity index (χ0v) is 18.4. The van der Waals surface area contributed by atoms with Crippen LogP contribution in [0.4, 0.5) is 10.1 Å². The molecule has 0 spiro atoms. The van der Waals surface area contributed by atoms with E-state index in [9.17, 15) is 14.0 Å². The third-order valence-corrected chi connectivity index (χ3v) is 5.58. The first-order valence-electron chi connectivity index (χ1n) is 10.4. The Kier molecular flexibility index (Phi) is 6.95. The second-order valence-electron chi connectivity index (χ2n) is 7.67. The molecule has 2 aromatic carbocycles. The largest absolute Gasteiger partial charge is 0.313 e. The topological polar surface area (TPSA) is 50.3 Å². The van der Waals surface area contributed by atoms with Gasteiger partial charge in [-0.1, -0.05) is 31.2 Å². The molecule has 0 saturated carbocycles. The van der Waals surface area contributed by atoms with E-state index in [-0.39, 0.29) is 17.4 Å². The van der Waals surface area contributed by atoms with Gasteiger partial charge in [-0.3, -0.25) is 14.6 Å². The maximum atomic E-state index is 14.7. The van der Waals surface area contributed by atoms with E-state index in [0.29, 0.717) is 30.4 Å². The van der Waals surface area contributed by atoms with Gasteiger partial charge in [-0.25, -0.2) is 4.39 Å². The number of halogens is 1. The molecule has 0 saturated heterocycles. The maximum absolute atomic E-state index is 14.7. The molecule has 0 atom stereocenters. The normalized spacial score (nSPS) is 10.7. The summed E-state index contributed by atoms with van der Waals surface area (Å²) < 4.78 is 14.7. The number of pyridine rings is 1. The molecule has 0 radical (unpaired) electrons. The second-order valence-corrected chi connectivity index (χ2v) is 7.67. The maximum Gasteiger partial charge on any atom is 0.226 e. The first-order chi connectivity index (χ1) is 14.8. The molecule has 4 nitrogen and oxygen atoms in total. The highest BCUT2D eigenvalue weighted by atomic mass is 19.1. The number of hydrogen-bond acceptors (Lipinski definition) is 3. The van der Waals surface area contributed by atoms with Crippen LogP contribution in [0, 0.1) is 19.7 Å². The quantitative estimate of drug-likeness (QED) is 0.463. The summed E-state index contributed by atoms with van der Waals surface area (Å²) in [6, 6.07) is 14.2. The number of carbonyl (C=O) groups excluding carboxylic acids is 2. The summed E-state index contributed by atoms with van der Waals surface area (Å²) in [5.74, 6) is -0.528. The van der Waals surface area contributed by atoms with E-state index in [1.165, 1.54) is 11.0 Å². The lowest BCUT2D eigenvalue weighted by molar-refractivity contribution is -0.118. The summed E-state index contributed by atoms with van der Waals surface area (Å²) in [4.78, 5) is 30.1. The summed E-state index contributed by atoms with van der Waals surface area (Å²) in [6.45, 7) is 5.60. The van der Waals surface area contributed by atoms with Crippen LogP contribution >= 0.6 is 0 Å². The Hall–Kier alpha value is -3.34. The Morgan fingerprint density at radius 3 is 2.48 bits per heavy atom. The number of aromatic nitrogens is 1. The lowest BCUT2D eigenvalue weighted by atomic mass is 9.95. The van der Waals surface area contributed by atoms with Gasteiger partial charge in [0.05, 0.1) is 5.69 Å². The van der Waals surface area contributed by atoms with Crippen LogP contribution in [-0.2, 0) is 11.2 Å². The lowest BCUT2D eigenvalue weighted by Crippen LogP contribution is -2.25. The Balaban J connectivity index is 1.77. The first-order valence-corrected chi connectivity index (χ1v) is 10.4. The molecule has 3 aromatic rings. The first kappa shape index (κ1) is 22.3. The smallest absolute Gasteiger partial charge is 0.226 e. The Labute approximate surface area is 182 Å². The molecule has 1 heterocycles. The van der Waals surface area contributed by atoms with Crippen molar-refractivity contribution in [3.63, 3.8) is 0 Å². The molecular formula is C26H27FN2O2. The van der Waals surface area contributed by atoms with Crippen molar-refractivity contribution in [1.82, 2.24) is 4.98 Å². The molecule has 0 aliphatic heterocycles. The van der Waals surface area contributed by atoms with Gasteiger partial charge >= 0.3 is 0 Å². The molecular weight excluding hydrogens is 391 g/mol. The predicted octanol–water partition coefficient (Wildman–Crippen LogP) is 5.69. The van der Waals surface area contributed by atoms with Gasteiger partial charge in [-0.15, -0.1) is 0 Å². The summed E-state index contributed by atoms with van der Waals surface area (Å²) >= 11 is 0. The fraction of sp³-hybridized carbons (Fsp3) is 0.269. The van der Waals surface area contributed by atoms with Crippen molar-refractivity contribution in [2.45, 2.75) is 40.0 Å². The van der Waals surface area contributed by atoms with E-state index >= 15 is 0 Å². The minimum Gasteiger partial charge on any atom is -0.313 e. The van der Waals surface area contributed by atoms with E-state index in [2.05, 4.69) is 4.98 Å². The molecule has 0 N–H and O–H groups in total. The minimum atomic E-state index is -0.451. The number of amides is 1. The van der Waals surface area contributed by atoms with Gasteiger partial charge in [0, 0.05) is 37.3 Å². The highest BCUT2D eigenvalue weighted by Gasteiger charge is 2.15. The molecule has 1 aromatic heterocycles. The van der Waals surface area contributed by atoms with Crippen LogP contribution < -0.4 is 4.90 Å². The Morgan fingerprint density at radius 1 is 1.06 bits per heavy atom. The third-order valence-electron chi connectivity index (χ3n) is 5.58. The predicted molar refractivity (Wildman–Crippen MR) is 122 cm³/mol. The second kappa shape index (κ2) is 9.65. The molecule has 0 aliphatic carbocycles. The van der Waals surface area contributed by atoms with Crippen LogP contribution in [0.5, 0.6) is 0 Å². The molecule has 0 fully saturated rings. The Bertz CT molecular complexity index is 1120. The molecule has 1 amide bonds. The van der Waals surface area contributed by atoms with E-state index in [1.54, 1.807) is 38.4 Å². The number of Topliss-reactive ketones (excluding diaryl/α,β-unsaturated/α-hetero) is 1. The van der Waals surface area contributed by atoms with Crippen LogP contribution in [0.25, 0.3) is 11.1 Å². The third kappa shape index (κ3) is 5.05. The highest BCUT2D eigenvalue weighted by molar-refractivity contribution is 5.97. The van der Waals surface area contributed by atoms with Crippen LogP contribution in [0.1, 0.15) is 46.9 Å². The van der Waals surface area contributed by atoms with Gasteiger partial charge < -0.3 is 4.90 Å². The average Bonchev–Trinajstić information content (AvgIpc) is 2.77. The molecule has 5 heteroatoms. The zero-order valence-electron chi connectivity index (χ0n) is 18.4. The van der Waals surface area contributed by atoms with Crippen LogP contribution in [0.2, 0.25) is 0 Å². The van der Waals surface area contributed by atoms with Crippen molar-refractivity contribution in [2.75, 3.05) is 11.9 Å². The SMILES string of the molecule is CCC(=O)N(C)c1ccc(-c2ccc(C(=O)CCc3cccnc3C)cc2C)cc1F. The van der Waals surface area contributed by atoms with E-state index in [1.807, 2.05) is 38.1 Å². The number of nitrogens with zero attached hydrogens (tertiary/aromatic N) is 2. The number of anilines is 1. The van der Waals surface area contributed by atoms with Gasteiger partial charge in [0.25, 0.3) is 0 Å². The summed E-state index contributed by atoms with van der Waals surface area (Å²) in [5.41, 5.74) is 5.38. The highest BCUT2D eigenvalue weighted by Crippen LogP contribution is 2.29. The van der Waals surface area contributed by atoms with E-state index < -0.39 is 5.82 Å². The van der Waals surface area contributed by atoms with Crippen LogP contribution in [0.3, 0.4) is 0 Å². The van der Waals surface area contributed by atoms with E-state index in [4.69, 9.17) is 0 Å². The number of rotatable bonds is 7. The van der Waals surface area contributed by atoms with Gasteiger partial charge in [-0.2, -0.15) is 0 Å². The van der Waals surface area contributed by atoms with Gasteiger partial charge in [0.15, 0.2) is 5.78 Å². The van der Waals surface area contributed by atoms with Crippen molar-refractivity contribution < 1.29 is 14.0 Å². The number of benzene rings is 2. The molecule has 0 aliphatic rings. The lowest BCUT2D eigenvalue weighted by Gasteiger charge is -2.18. The van der Waals surface area contributed by atoms with Gasteiger partial charge in [0.2, 0.25) is 5.91 Å². The number of aryl methyl sites for hydroxylation is 3. The summed E-state index contributed by atoms with van der Waals surface area (Å²) in [7, 11) is 1.57. The Morgan fingerprint density at radius 2 is 1.84 bits per heavy atom. The van der Waals surface area contributed by atoms with Crippen molar-refractivity contribution in [3.05, 3.63) is 82.9 Å². The monoisotopic (exact) mass is 418 g/mol. The summed E-state index contributed by atoms with van der Waals surface area (Å²) in [5, 5.41) is 0. The van der Waals surface area contributed by atoms with Crippen LogP contribution in [0.15, 0.2) is 54.7 Å². The van der Waals surface area contributed by atoms with Crippen molar-refractivity contribution in [2.24, 2.45) is 0 Å². The molecule has 31 heavy (non-hydrogen) atoms.